The molecule has 0 N–H and O–H groups in total. The summed E-state index contributed by atoms with van der Waals surface area (Å²) in [6.07, 6.45) is 4.46. The molecule has 8 nitrogen and oxygen atoms in total. The Hall–Kier alpha value is -2.71. The first-order valence-electron chi connectivity index (χ1n) is 11.5. The smallest absolute Gasteiger partial charge is 0.409 e. The van der Waals surface area contributed by atoms with Gasteiger partial charge in [-0.05, 0) is 44.0 Å². The molecule has 0 radical (unpaired) electrons. The quantitative estimate of drug-likeness (QED) is 0.728. The molecular weight excluding hydrogens is 406 g/mol. The van der Waals surface area contributed by atoms with Crippen LogP contribution in [0.4, 0.5) is 10.6 Å². The van der Waals surface area contributed by atoms with Crippen molar-refractivity contribution in [3.8, 4) is 11.3 Å². The number of nitrogens with zero attached hydrogens (tertiary/aromatic N) is 5. The molecule has 3 aliphatic heterocycles. The van der Waals surface area contributed by atoms with Crippen LogP contribution in [0.5, 0.6) is 0 Å². The van der Waals surface area contributed by atoms with Gasteiger partial charge in [0, 0.05) is 50.2 Å². The highest BCUT2D eigenvalue weighted by Crippen LogP contribution is 2.38. The summed E-state index contributed by atoms with van der Waals surface area (Å²) >= 11 is 0. The highest BCUT2D eigenvalue weighted by Gasteiger charge is 2.52. The van der Waals surface area contributed by atoms with Crippen LogP contribution in [0.1, 0.15) is 18.9 Å². The van der Waals surface area contributed by atoms with Gasteiger partial charge in [0.05, 0.1) is 32.0 Å². The zero-order valence-electron chi connectivity index (χ0n) is 18.9. The highest BCUT2D eigenvalue weighted by atomic mass is 16.6. The summed E-state index contributed by atoms with van der Waals surface area (Å²) in [5, 5.41) is 0. The summed E-state index contributed by atoms with van der Waals surface area (Å²) in [4.78, 5) is 27.9. The average molecular weight is 438 g/mol. The van der Waals surface area contributed by atoms with Gasteiger partial charge in [-0.1, -0.05) is 6.07 Å². The summed E-state index contributed by atoms with van der Waals surface area (Å²) in [5.41, 5.74) is 3.07. The number of carbonyl (C=O) groups excluding carboxylic acids is 1. The monoisotopic (exact) mass is 437 g/mol. The summed E-state index contributed by atoms with van der Waals surface area (Å²) in [6, 6.07) is 8.57. The molecule has 2 aromatic heterocycles. The first kappa shape index (κ1) is 21.2. The number of pyridine rings is 2. The topological polar surface area (TPSA) is 71.0 Å². The van der Waals surface area contributed by atoms with Gasteiger partial charge in [0.25, 0.3) is 0 Å². The van der Waals surface area contributed by atoms with Crippen LogP contribution in [-0.4, -0.2) is 90.0 Å². The Morgan fingerprint density at radius 1 is 1.16 bits per heavy atom. The van der Waals surface area contributed by atoms with Crippen LogP contribution < -0.4 is 4.90 Å². The fraction of sp³-hybridized carbons (Fsp3) is 0.542. The van der Waals surface area contributed by atoms with Gasteiger partial charge in [-0.2, -0.15) is 0 Å². The van der Waals surface area contributed by atoms with Crippen LogP contribution in [0, 0.1) is 6.92 Å². The van der Waals surface area contributed by atoms with Crippen LogP contribution in [0.25, 0.3) is 11.3 Å². The second-order valence-electron chi connectivity index (χ2n) is 8.97. The van der Waals surface area contributed by atoms with Gasteiger partial charge in [-0.25, -0.2) is 9.78 Å². The maximum Gasteiger partial charge on any atom is 0.409 e. The molecule has 5 heterocycles. The molecule has 170 valence electrons. The molecule has 1 unspecified atom stereocenters. The van der Waals surface area contributed by atoms with Crippen molar-refractivity contribution < 1.29 is 14.3 Å². The zero-order valence-corrected chi connectivity index (χ0v) is 18.9. The fourth-order valence-corrected chi connectivity index (χ4v) is 5.17. The van der Waals surface area contributed by atoms with E-state index in [0.29, 0.717) is 25.7 Å². The van der Waals surface area contributed by atoms with Crippen molar-refractivity contribution in [3.63, 3.8) is 0 Å². The number of likely N-dealkylation sites (tertiary alicyclic amines) is 1. The molecular formula is C24H31N5O3. The minimum Gasteiger partial charge on any atom is -0.450 e. The second kappa shape index (κ2) is 8.67. The zero-order chi connectivity index (χ0) is 22.1. The average Bonchev–Trinajstić information content (AvgIpc) is 3.25. The van der Waals surface area contributed by atoms with E-state index in [1.165, 1.54) is 0 Å². The summed E-state index contributed by atoms with van der Waals surface area (Å²) in [5.74, 6) is 1.01. The van der Waals surface area contributed by atoms with Gasteiger partial charge in [-0.15, -0.1) is 0 Å². The summed E-state index contributed by atoms with van der Waals surface area (Å²) in [7, 11) is 0. The van der Waals surface area contributed by atoms with E-state index in [4.69, 9.17) is 14.5 Å². The number of ether oxygens (including phenoxy) is 2. The van der Waals surface area contributed by atoms with Gasteiger partial charge >= 0.3 is 6.09 Å². The van der Waals surface area contributed by atoms with Crippen molar-refractivity contribution in [3.05, 3.63) is 42.2 Å². The number of rotatable bonds is 4. The molecule has 3 saturated heterocycles. The third-order valence-corrected chi connectivity index (χ3v) is 6.86. The van der Waals surface area contributed by atoms with Crippen LogP contribution in [0.3, 0.4) is 0 Å². The number of hydrogen-bond donors (Lipinski definition) is 0. The van der Waals surface area contributed by atoms with E-state index in [1.54, 1.807) is 4.90 Å². The molecule has 3 aliphatic rings. The van der Waals surface area contributed by atoms with Crippen molar-refractivity contribution in [2.45, 2.75) is 31.9 Å². The second-order valence-corrected chi connectivity index (χ2v) is 8.97. The molecule has 0 saturated carbocycles. The summed E-state index contributed by atoms with van der Waals surface area (Å²) < 4.78 is 11.3. The Balaban J connectivity index is 1.20. The van der Waals surface area contributed by atoms with Crippen molar-refractivity contribution in [1.29, 1.82) is 0 Å². The Kier molecular flexibility index (Phi) is 5.73. The van der Waals surface area contributed by atoms with E-state index in [-0.39, 0.29) is 11.7 Å². The minimum atomic E-state index is -0.229. The van der Waals surface area contributed by atoms with Gasteiger partial charge < -0.3 is 19.3 Å². The molecule has 5 rings (SSSR count). The molecule has 1 atom stereocenters. The SMILES string of the molecule is CCOC(=O)N1CC2(CC(N3CCN(c4ncccc4-c4ncccc4C)CC3)CO2)C1. The Bertz CT molecular complexity index is 970. The standard InChI is InChI=1S/C24H31N5O3/c1-3-31-23(30)29-16-24(17-29)14-19(15-32-24)27-10-12-28(13-11-27)22-20(7-5-9-26-22)21-18(2)6-4-8-25-21/h4-9,19H,3,10-17H2,1-2H3. The summed E-state index contributed by atoms with van der Waals surface area (Å²) in [6.45, 7) is 10.2. The molecule has 8 heteroatoms. The Morgan fingerprint density at radius 3 is 2.66 bits per heavy atom. The molecule has 32 heavy (non-hydrogen) atoms. The van der Waals surface area contributed by atoms with E-state index in [1.807, 2.05) is 31.5 Å². The number of aryl methyl sites for hydroxylation is 1. The number of anilines is 1. The van der Waals surface area contributed by atoms with E-state index >= 15 is 0 Å². The molecule has 1 amide bonds. The minimum absolute atomic E-state index is 0.181. The van der Waals surface area contributed by atoms with E-state index in [2.05, 4.69) is 33.8 Å². The van der Waals surface area contributed by atoms with Crippen LogP contribution in [0.15, 0.2) is 36.7 Å². The highest BCUT2D eigenvalue weighted by molar-refractivity contribution is 5.75. The maximum atomic E-state index is 11.9. The van der Waals surface area contributed by atoms with Gasteiger partial charge in [-0.3, -0.25) is 9.88 Å². The van der Waals surface area contributed by atoms with Gasteiger partial charge in [0.15, 0.2) is 0 Å². The third-order valence-electron chi connectivity index (χ3n) is 6.86. The van der Waals surface area contributed by atoms with Gasteiger partial charge in [0.2, 0.25) is 0 Å². The van der Waals surface area contributed by atoms with Crippen molar-refractivity contribution in [2.75, 3.05) is 57.4 Å². The van der Waals surface area contributed by atoms with E-state index in [9.17, 15) is 4.79 Å². The lowest BCUT2D eigenvalue weighted by Gasteiger charge is -2.46. The molecule has 3 fully saturated rings. The predicted molar refractivity (Wildman–Crippen MR) is 122 cm³/mol. The van der Waals surface area contributed by atoms with Crippen molar-refractivity contribution >= 4 is 11.9 Å². The Labute approximate surface area is 189 Å². The molecule has 1 spiro atoms. The fourth-order valence-electron chi connectivity index (χ4n) is 5.17. The lowest BCUT2D eigenvalue weighted by atomic mass is 9.89. The lowest BCUT2D eigenvalue weighted by molar-refractivity contribution is -0.101. The maximum absolute atomic E-state index is 11.9. The first-order valence-corrected chi connectivity index (χ1v) is 11.5. The molecule has 0 bridgehead atoms. The Morgan fingerprint density at radius 2 is 1.91 bits per heavy atom. The number of hydrogen-bond acceptors (Lipinski definition) is 7. The lowest BCUT2D eigenvalue weighted by Crippen LogP contribution is -2.63. The molecule has 0 aliphatic carbocycles. The van der Waals surface area contributed by atoms with Crippen molar-refractivity contribution in [2.24, 2.45) is 0 Å². The first-order chi connectivity index (χ1) is 15.6. The van der Waals surface area contributed by atoms with E-state index in [0.717, 1.165) is 61.8 Å². The number of carbonyl (C=O) groups is 1. The van der Waals surface area contributed by atoms with Crippen LogP contribution in [-0.2, 0) is 9.47 Å². The third kappa shape index (κ3) is 3.93. The van der Waals surface area contributed by atoms with E-state index < -0.39 is 0 Å². The number of amides is 1. The molecule has 0 aromatic carbocycles. The predicted octanol–water partition coefficient (Wildman–Crippen LogP) is 2.57. The largest absolute Gasteiger partial charge is 0.450 e. The van der Waals surface area contributed by atoms with Crippen molar-refractivity contribution in [1.82, 2.24) is 19.8 Å². The van der Waals surface area contributed by atoms with Gasteiger partial charge in [0.1, 0.15) is 11.4 Å². The normalized spacial score (nSPS) is 22.8. The van der Waals surface area contributed by atoms with Crippen LogP contribution in [0.2, 0.25) is 0 Å². The van der Waals surface area contributed by atoms with Crippen LogP contribution >= 0.6 is 0 Å². The number of piperazine rings is 1. The molecule has 2 aromatic rings. The number of aromatic nitrogens is 2.